The first kappa shape index (κ1) is 23.2. The van der Waals surface area contributed by atoms with Gasteiger partial charge in [-0.1, -0.05) is 40.5 Å². The molecule has 1 aliphatic rings. The molecule has 0 aromatic heterocycles. The highest BCUT2D eigenvalue weighted by Crippen LogP contribution is 2.49. The van der Waals surface area contributed by atoms with Gasteiger partial charge >= 0.3 is 12.3 Å². The van der Waals surface area contributed by atoms with Crippen LogP contribution in [0.15, 0.2) is 47.6 Å². The molecule has 1 N–H and O–H groups in total. The number of alkyl halides is 3. The molecule has 0 spiro atoms. The van der Waals surface area contributed by atoms with Crippen molar-refractivity contribution in [3.05, 3.63) is 63.6 Å². The first-order valence-corrected chi connectivity index (χ1v) is 9.92. The van der Waals surface area contributed by atoms with E-state index in [1.165, 1.54) is 12.1 Å². The molecule has 3 rings (SSSR count). The maximum absolute atomic E-state index is 14.2. The summed E-state index contributed by atoms with van der Waals surface area (Å²) in [7, 11) is 0. The Labute approximate surface area is 187 Å². The van der Waals surface area contributed by atoms with Crippen molar-refractivity contribution >= 4 is 40.7 Å². The molecule has 0 fully saturated rings. The Bertz CT molecular complexity index is 1030. The highest BCUT2D eigenvalue weighted by atomic mass is 35.5. The molecule has 1 heterocycles. The lowest BCUT2D eigenvalue weighted by Crippen LogP contribution is -2.45. The van der Waals surface area contributed by atoms with Gasteiger partial charge in [0.1, 0.15) is 0 Å². The Hall–Kier alpha value is -2.45. The average Bonchev–Trinajstić information content (AvgIpc) is 3.06. The van der Waals surface area contributed by atoms with Gasteiger partial charge in [-0.25, -0.2) is 4.79 Å². The Balaban J connectivity index is 2.02. The van der Waals surface area contributed by atoms with Gasteiger partial charge in [0.15, 0.2) is 0 Å². The zero-order valence-electron chi connectivity index (χ0n) is 16.8. The van der Waals surface area contributed by atoms with Gasteiger partial charge in [-0.2, -0.15) is 13.2 Å². The third kappa shape index (κ3) is 4.45. The molecule has 10 heteroatoms. The highest BCUT2D eigenvalue weighted by Gasteiger charge is 2.62. The quantitative estimate of drug-likeness (QED) is 0.528. The molecule has 166 valence electrons. The fraction of sp³-hybridized carbons (Fsp3) is 0.333. The third-order valence-electron chi connectivity index (χ3n) is 4.81. The molecule has 2 aromatic rings. The summed E-state index contributed by atoms with van der Waals surface area (Å²) in [5.74, 6) is 0. The van der Waals surface area contributed by atoms with E-state index in [4.69, 9.17) is 28.0 Å². The molecule has 1 unspecified atom stereocenters. The third-order valence-corrected chi connectivity index (χ3v) is 5.25. The summed E-state index contributed by atoms with van der Waals surface area (Å²) in [6, 6.07) is 9.74. The van der Waals surface area contributed by atoms with Crippen molar-refractivity contribution in [2.24, 2.45) is 5.16 Å². The van der Waals surface area contributed by atoms with E-state index < -0.39 is 29.8 Å². The van der Waals surface area contributed by atoms with Gasteiger partial charge in [0.2, 0.25) is 0 Å². The minimum atomic E-state index is -4.82. The molecule has 1 aliphatic heterocycles. The van der Waals surface area contributed by atoms with Crippen molar-refractivity contribution < 1.29 is 27.9 Å². The Morgan fingerprint density at radius 3 is 2.26 bits per heavy atom. The molecule has 1 atom stereocenters. The summed E-state index contributed by atoms with van der Waals surface area (Å²) in [5, 5.41) is 13.4. The number of carbonyl (C=O) groups is 1. The lowest BCUT2D eigenvalue weighted by atomic mass is 9.86. The van der Waals surface area contributed by atoms with E-state index in [0.717, 1.165) is 17.0 Å². The number of hydrogen-bond acceptors (Lipinski definition) is 3. The van der Waals surface area contributed by atoms with Crippen molar-refractivity contribution in [3.63, 3.8) is 0 Å². The zero-order valence-corrected chi connectivity index (χ0v) is 18.3. The van der Waals surface area contributed by atoms with E-state index in [9.17, 15) is 23.1 Å². The van der Waals surface area contributed by atoms with Crippen LogP contribution in [0.1, 0.15) is 38.3 Å². The lowest BCUT2D eigenvalue weighted by Gasteiger charge is -2.33. The molecule has 0 saturated carbocycles. The van der Waals surface area contributed by atoms with Crippen molar-refractivity contribution in [2.75, 3.05) is 4.90 Å². The molecule has 2 aromatic carbocycles. The molecule has 0 bridgehead atoms. The van der Waals surface area contributed by atoms with Gasteiger partial charge in [0.05, 0.1) is 5.71 Å². The van der Waals surface area contributed by atoms with E-state index in [1.807, 2.05) is 0 Å². The number of nitrogens with zero attached hydrogens (tertiary/aromatic N) is 2. The Morgan fingerprint density at radius 2 is 1.74 bits per heavy atom. The first-order chi connectivity index (χ1) is 14.2. The van der Waals surface area contributed by atoms with Crippen LogP contribution in [0.25, 0.3) is 0 Å². The summed E-state index contributed by atoms with van der Waals surface area (Å²) >= 11 is 11.8. The predicted octanol–water partition coefficient (Wildman–Crippen LogP) is 6.86. The molecule has 0 radical (unpaired) electrons. The minimum absolute atomic E-state index is 0.0227. The number of amides is 1. The number of oxime groups is 1. The van der Waals surface area contributed by atoms with Gasteiger partial charge in [-0.05, 0) is 51.1 Å². The summed E-state index contributed by atoms with van der Waals surface area (Å²) in [4.78, 5) is 17.9. The molecule has 5 nitrogen and oxygen atoms in total. The zero-order chi connectivity index (χ0) is 23.2. The number of carboxylic acid groups (broad SMARTS) is 1. The fourth-order valence-electron chi connectivity index (χ4n) is 3.45. The predicted molar refractivity (Wildman–Crippen MR) is 113 cm³/mol. The number of rotatable bonds is 3. The van der Waals surface area contributed by atoms with Gasteiger partial charge < -0.3 is 9.94 Å². The largest absolute Gasteiger partial charge is 0.465 e. The number of anilines is 1. The topological polar surface area (TPSA) is 62.1 Å². The van der Waals surface area contributed by atoms with Crippen LogP contribution in [0.5, 0.6) is 0 Å². The van der Waals surface area contributed by atoms with Crippen molar-refractivity contribution in [2.45, 2.75) is 44.5 Å². The van der Waals surface area contributed by atoms with Gasteiger partial charge in [-0.3, -0.25) is 4.90 Å². The molecule has 31 heavy (non-hydrogen) atoms. The normalized spacial score (nSPS) is 19.0. The van der Waals surface area contributed by atoms with Crippen molar-refractivity contribution in [1.82, 2.24) is 0 Å². The molecular formula is C21H19Cl2F3N2O3. The highest BCUT2D eigenvalue weighted by molar-refractivity contribution is 6.34. The van der Waals surface area contributed by atoms with Gasteiger partial charge in [-0.15, -0.1) is 0 Å². The number of hydrogen-bond donors (Lipinski definition) is 1. The summed E-state index contributed by atoms with van der Waals surface area (Å²) in [6.07, 6.45) is -6.63. The Kier molecular flexibility index (Phi) is 5.92. The first-order valence-electron chi connectivity index (χ1n) is 9.16. The summed E-state index contributed by atoms with van der Waals surface area (Å²) in [5.41, 5.74) is -3.17. The molecule has 0 aliphatic carbocycles. The van der Waals surface area contributed by atoms with Crippen LogP contribution in [0, 0.1) is 0 Å². The maximum atomic E-state index is 14.2. The second kappa shape index (κ2) is 7.91. The average molecular weight is 475 g/mol. The van der Waals surface area contributed by atoms with E-state index in [0.29, 0.717) is 11.3 Å². The Morgan fingerprint density at radius 1 is 1.13 bits per heavy atom. The van der Waals surface area contributed by atoms with Crippen LogP contribution in [-0.2, 0) is 10.4 Å². The second-order valence-corrected chi connectivity index (χ2v) is 9.00. The monoisotopic (exact) mass is 474 g/mol. The van der Waals surface area contributed by atoms with Crippen LogP contribution in [0.2, 0.25) is 10.0 Å². The van der Waals surface area contributed by atoms with Crippen LogP contribution in [0.3, 0.4) is 0 Å². The standard InChI is InChI=1S/C21H19Cl2F3N2O3/c1-19(2,3)28(18(29)30)16-6-4-5-12(7-16)17-11-20(31-27-17,21(24,25)26)13-8-14(22)10-15(23)9-13/h4-10H,11H2,1-3H3,(H,29,30). The van der Waals surface area contributed by atoms with Crippen molar-refractivity contribution in [3.8, 4) is 0 Å². The summed E-state index contributed by atoms with van der Waals surface area (Å²) < 4.78 is 42.5. The fourth-order valence-corrected chi connectivity index (χ4v) is 3.98. The van der Waals surface area contributed by atoms with E-state index in [1.54, 1.807) is 39.0 Å². The van der Waals surface area contributed by atoms with E-state index >= 15 is 0 Å². The molecular weight excluding hydrogens is 456 g/mol. The second-order valence-electron chi connectivity index (χ2n) is 8.13. The number of benzene rings is 2. The minimum Gasteiger partial charge on any atom is -0.465 e. The SMILES string of the molecule is CC(C)(C)N(C(=O)O)c1cccc(C2=NOC(c3cc(Cl)cc(Cl)c3)(C(F)(F)F)C2)c1. The van der Waals surface area contributed by atoms with E-state index in [2.05, 4.69) is 5.16 Å². The molecule has 1 amide bonds. The van der Waals surface area contributed by atoms with Crippen molar-refractivity contribution in [1.29, 1.82) is 0 Å². The van der Waals surface area contributed by atoms with Crippen LogP contribution in [-0.4, -0.2) is 28.6 Å². The smallest absolute Gasteiger partial charge is 0.435 e. The van der Waals surface area contributed by atoms with Gasteiger partial charge in [0.25, 0.3) is 5.60 Å². The van der Waals surface area contributed by atoms with Crippen LogP contribution >= 0.6 is 23.2 Å². The lowest BCUT2D eigenvalue weighted by molar-refractivity contribution is -0.275. The summed E-state index contributed by atoms with van der Waals surface area (Å²) in [6.45, 7) is 5.13. The van der Waals surface area contributed by atoms with Crippen LogP contribution in [0.4, 0.5) is 23.7 Å². The van der Waals surface area contributed by atoms with E-state index in [-0.39, 0.29) is 21.3 Å². The maximum Gasteiger partial charge on any atom is 0.435 e. The number of halogens is 5. The van der Waals surface area contributed by atoms with Gasteiger partial charge in [0, 0.05) is 38.8 Å². The molecule has 0 saturated heterocycles. The van der Waals surface area contributed by atoms with Crippen LogP contribution < -0.4 is 4.90 Å².